The molecule has 0 fully saturated rings. The zero-order valence-electron chi connectivity index (χ0n) is 20.8. The van der Waals surface area contributed by atoms with Crippen LogP contribution in [0.2, 0.25) is 0 Å². The predicted molar refractivity (Wildman–Crippen MR) is 143 cm³/mol. The lowest BCUT2D eigenvalue weighted by atomic mass is 10.1. The number of thiophene rings is 1. The first kappa shape index (κ1) is 28.9. The summed E-state index contributed by atoms with van der Waals surface area (Å²) in [5.74, 6) is -0.591. The van der Waals surface area contributed by atoms with E-state index in [2.05, 4.69) is 17.1 Å². The highest BCUT2D eigenvalue weighted by atomic mass is 32.1. The Labute approximate surface area is 215 Å². The Hall–Kier alpha value is -3.36. The standard InChI is InChI=1S/C26H26F2N2O3S.C2H6/c1-17(20-12-10-19(11-13-20)16-29-14-6-9-24(31)32)30-33-18(2)23-15-22(25(34-23)26(27)28)21-7-4-3-5-8-21;1-2/h3-5,7-8,10-13,15,26,29H,2,6,9,14,16H2,1H3,(H,31,32);1-2H3/b30-17+;. The van der Waals surface area contributed by atoms with Crippen molar-refractivity contribution in [2.45, 2.75) is 46.6 Å². The van der Waals surface area contributed by atoms with E-state index in [-0.39, 0.29) is 17.1 Å². The number of hydrogen-bond acceptors (Lipinski definition) is 5. The van der Waals surface area contributed by atoms with E-state index in [1.54, 1.807) is 25.1 Å². The van der Waals surface area contributed by atoms with Crippen molar-refractivity contribution in [1.82, 2.24) is 5.32 Å². The Balaban J connectivity index is 0.00000222. The highest BCUT2D eigenvalue weighted by Crippen LogP contribution is 2.40. The van der Waals surface area contributed by atoms with Gasteiger partial charge in [-0.3, -0.25) is 4.79 Å². The van der Waals surface area contributed by atoms with Gasteiger partial charge in [0.2, 0.25) is 0 Å². The van der Waals surface area contributed by atoms with E-state index in [4.69, 9.17) is 9.94 Å². The van der Waals surface area contributed by atoms with Gasteiger partial charge >= 0.3 is 5.97 Å². The van der Waals surface area contributed by atoms with Crippen molar-refractivity contribution >= 4 is 28.8 Å². The van der Waals surface area contributed by atoms with E-state index in [0.29, 0.717) is 41.2 Å². The quantitative estimate of drug-likeness (QED) is 0.112. The van der Waals surface area contributed by atoms with E-state index in [9.17, 15) is 13.6 Å². The molecule has 2 aromatic carbocycles. The van der Waals surface area contributed by atoms with Gasteiger partial charge in [-0.15, -0.1) is 11.3 Å². The number of halogens is 2. The summed E-state index contributed by atoms with van der Waals surface area (Å²) in [5.41, 5.74) is 3.71. The van der Waals surface area contributed by atoms with Crippen LogP contribution in [0.5, 0.6) is 0 Å². The molecule has 0 saturated carbocycles. The number of carboxylic acid groups (broad SMARTS) is 1. The summed E-state index contributed by atoms with van der Waals surface area (Å²) in [6, 6.07) is 18.4. The van der Waals surface area contributed by atoms with Crippen molar-refractivity contribution in [1.29, 1.82) is 0 Å². The molecule has 8 heteroatoms. The number of nitrogens with zero attached hydrogens (tertiary/aromatic N) is 1. The van der Waals surface area contributed by atoms with Crippen LogP contribution >= 0.6 is 11.3 Å². The molecule has 0 saturated heterocycles. The van der Waals surface area contributed by atoms with Crippen LogP contribution in [-0.4, -0.2) is 23.3 Å². The van der Waals surface area contributed by atoms with E-state index in [0.717, 1.165) is 22.5 Å². The molecule has 3 aromatic rings. The Morgan fingerprint density at radius 2 is 1.81 bits per heavy atom. The van der Waals surface area contributed by atoms with Gasteiger partial charge in [-0.2, -0.15) is 0 Å². The van der Waals surface area contributed by atoms with Crippen LogP contribution in [0.4, 0.5) is 8.78 Å². The van der Waals surface area contributed by atoms with E-state index >= 15 is 0 Å². The smallest absolute Gasteiger partial charge is 0.303 e. The number of aliphatic carboxylic acids is 1. The van der Waals surface area contributed by atoms with Crippen molar-refractivity contribution < 1.29 is 23.5 Å². The van der Waals surface area contributed by atoms with Crippen LogP contribution in [-0.2, 0) is 16.2 Å². The second-order valence-electron chi connectivity index (χ2n) is 7.62. The Bertz CT molecular complexity index is 1140. The lowest BCUT2D eigenvalue weighted by Crippen LogP contribution is -2.15. The van der Waals surface area contributed by atoms with Gasteiger partial charge in [0, 0.05) is 18.5 Å². The molecule has 0 aliphatic heterocycles. The first-order chi connectivity index (χ1) is 17.3. The third-order valence-corrected chi connectivity index (χ3v) is 6.24. The van der Waals surface area contributed by atoms with Crippen LogP contribution in [0, 0.1) is 0 Å². The number of hydrogen-bond donors (Lipinski definition) is 2. The van der Waals surface area contributed by atoms with Gasteiger partial charge in [-0.25, -0.2) is 8.78 Å². The number of oxime groups is 1. The summed E-state index contributed by atoms with van der Waals surface area (Å²) in [6.45, 7) is 10.9. The first-order valence-corrected chi connectivity index (χ1v) is 12.6. The summed E-state index contributed by atoms with van der Waals surface area (Å²) in [7, 11) is 0. The van der Waals surface area contributed by atoms with E-state index in [1.807, 2.05) is 56.3 Å². The molecule has 0 aliphatic rings. The highest BCUT2D eigenvalue weighted by Gasteiger charge is 2.20. The maximum Gasteiger partial charge on any atom is 0.303 e. The minimum Gasteiger partial charge on any atom is -0.481 e. The third kappa shape index (κ3) is 8.70. The minimum atomic E-state index is -2.60. The normalized spacial score (nSPS) is 11.1. The number of rotatable bonds is 12. The largest absolute Gasteiger partial charge is 0.481 e. The minimum absolute atomic E-state index is 0.0289. The second kappa shape index (κ2) is 14.9. The fourth-order valence-corrected chi connectivity index (χ4v) is 4.17. The average molecular weight is 515 g/mol. The van der Waals surface area contributed by atoms with Gasteiger partial charge in [-0.05, 0) is 42.6 Å². The zero-order chi connectivity index (χ0) is 26.5. The number of benzene rings is 2. The molecular formula is C28H32F2N2O3S. The maximum atomic E-state index is 13.6. The van der Waals surface area contributed by atoms with Crippen molar-refractivity contribution in [2.24, 2.45) is 5.16 Å². The van der Waals surface area contributed by atoms with Crippen molar-refractivity contribution in [3.05, 3.63) is 88.1 Å². The molecule has 192 valence electrons. The fourth-order valence-electron chi connectivity index (χ4n) is 3.23. The molecule has 1 aromatic heterocycles. The number of carboxylic acids is 1. The van der Waals surface area contributed by atoms with Crippen LogP contribution in [0.1, 0.15) is 60.9 Å². The number of nitrogens with one attached hydrogen (secondary N) is 1. The van der Waals surface area contributed by atoms with Crippen molar-refractivity contribution in [3.8, 4) is 11.1 Å². The van der Waals surface area contributed by atoms with Crippen LogP contribution < -0.4 is 5.32 Å². The first-order valence-electron chi connectivity index (χ1n) is 11.7. The summed E-state index contributed by atoms with van der Waals surface area (Å²) in [4.78, 5) is 16.5. The predicted octanol–water partition coefficient (Wildman–Crippen LogP) is 7.74. The van der Waals surface area contributed by atoms with Gasteiger partial charge < -0.3 is 15.3 Å². The lowest BCUT2D eigenvalue weighted by Gasteiger charge is -2.06. The molecule has 1 heterocycles. The molecular weight excluding hydrogens is 482 g/mol. The molecule has 0 radical (unpaired) electrons. The summed E-state index contributed by atoms with van der Waals surface area (Å²) in [6.07, 6.45) is -1.87. The van der Waals surface area contributed by atoms with Gasteiger partial charge in [-0.1, -0.05) is 80.2 Å². The van der Waals surface area contributed by atoms with Crippen LogP contribution in [0.25, 0.3) is 16.9 Å². The summed E-state index contributed by atoms with van der Waals surface area (Å²) < 4.78 is 27.2. The Kier molecular flexibility index (Phi) is 12.0. The molecule has 0 spiro atoms. The Morgan fingerprint density at radius 3 is 2.42 bits per heavy atom. The molecule has 0 bridgehead atoms. The monoisotopic (exact) mass is 514 g/mol. The topological polar surface area (TPSA) is 70.9 Å². The molecule has 2 N–H and O–H groups in total. The maximum absolute atomic E-state index is 13.6. The van der Waals surface area contributed by atoms with E-state index < -0.39 is 12.4 Å². The third-order valence-electron chi connectivity index (χ3n) is 5.06. The van der Waals surface area contributed by atoms with Crippen molar-refractivity contribution in [3.63, 3.8) is 0 Å². The summed E-state index contributed by atoms with van der Waals surface area (Å²) in [5, 5.41) is 16.0. The molecule has 3 rings (SSSR count). The molecule has 0 atom stereocenters. The lowest BCUT2D eigenvalue weighted by molar-refractivity contribution is -0.137. The molecule has 0 aliphatic carbocycles. The zero-order valence-corrected chi connectivity index (χ0v) is 21.6. The molecule has 0 amide bonds. The summed E-state index contributed by atoms with van der Waals surface area (Å²) >= 11 is 0.949. The van der Waals surface area contributed by atoms with Gasteiger partial charge in [0.15, 0.2) is 5.76 Å². The van der Waals surface area contributed by atoms with Crippen LogP contribution in [0.3, 0.4) is 0 Å². The second-order valence-corrected chi connectivity index (χ2v) is 8.70. The van der Waals surface area contributed by atoms with E-state index in [1.165, 1.54) is 0 Å². The number of alkyl halides is 2. The van der Waals surface area contributed by atoms with Gasteiger partial charge in [0.25, 0.3) is 6.43 Å². The van der Waals surface area contributed by atoms with Gasteiger partial charge in [0.05, 0.1) is 15.5 Å². The number of carbonyl (C=O) groups is 1. The molecule has 0 unspecified atom stereocenters. The van der Waals surface area contributed by atoms with Gasteiger partial charge in [0.1, 0.15) is 0 Å². The van der Waals surface area contributed by atoms with Crippen molar-refractivity contribution in [2.75, 3.05) is 6.54 Å². The molecule has 36 heavy (non-hydrogen) atoms. The molecule has 5 nitrogen and oxygen atoms in total. The van der Waals surface area contributed by atoms with Crippen LogP contribution in [0.15, 0.2) is 72.4 Å². The SMILES string of the molecule is C=C(O/N=C(\C)c1ccc(CNCCCC(=O)O)cc1)c1cc(-c2ccccc2)c(C(F)F)s1.CC. The highest BCUT2D eigenvalue weighted by molar-refractivity contribution is 7.13. The Morgan fingerprint density at radius 1 is 1.14 bits per heavy atom. The fraction of sp³-hybridized carbons (Fsp3) is 0.286. The average Bonchev–Trinajstić information content (AvgIpc) is 3.35.